The van der Waals surface area contributed by atoms with Crippen LogP contribution in [0.3, 0.4) is 0 Å². The first-order chi connectivity index (χ1) is 9.27. The van der Waals surface area contributed by atoms with Gasteiger partial charge in [0, 0.05) is 19.7 Å². The lowest BCUT2D eigenvalue weighted by Crippen LogP contribution is -2.20. The highest BCUT2D eigenvalue weighted by Gasteiger charge is 2.24. The van der Waals surface area contributed by atoms with Crippen LogP contribution in [0, 0.1) is 23.0 Å². The van der Waals surface area contributed by atoms with Crippen molar-refractivity contribution < 1.29 is 14.0 Å². The summed E-state index contributed by atoms with van der Waals surface area (Å²) in [5.74, 6) is 0.492. The van der Waals surface area contributed by atoms with Gasteiger partial charge in [-0.3, -0.25) is 10.1 Å². The monoisotopic (exact) mass is 318 g/mol. The second-order valence-corrected chi connectivity index (χ2v) is 8.06. The molecule has 0 heterocycles. The molecule has 0 radical (unpaired) electrons. The molecule has 0 amide bonds. The summed E-state index contributed by atoms with van der Waals surface area (Å²) in [5, 5.41) is 14.1. The van der Waals surface area contributed by atoms with Gasteiger partial charge in [0.15, 0.2) is 0 Å². The molecule has 0 aromatic heterocycles. The van der Waals surface area contributed by atoms with E-state index in [1.807, 2.05) is 13.8 Å². The Morgan fingerprint density at radius 3 is 2.65 bits per heavy atom. The molecule has 1 aromatic carbocycles. The smallest absolute Gasteiger partial charge is 0.312 e. The molecule has 20 heavy (non-hydrogen) atoms. The molecule has 0 spiro atoms. The first-order valence-corrected chi connectivity index (χ1v) is 8.77. The minimum absolute atomic E-state index is 0.109. The largest absolute Gasteiger partial charge is 0.425 e. The van der Waals surface area contributed by atoms with Crippen molar-refractivity contribution in [1.29, 1.82) is 0 Å². The SMILES string of the molecule is COP(=S)(NCC(C)C)Oc1ccc(C)cc1[N+](=O)[O-]. The van der Waals surface area contributed by atoms with Crippen LogP contribution in [0.5, 0.6) is 5.75 Å². The van der Waals surface area contributed by atoms with Gasteiger partial charge in [0.05, 0.1) is 4.92 Å². The number of hydrogen-bond acceptors (Lipinski definition) is 5. The zero-order valence-electron chi connectivity index (χ0n) is 12.0. The molecule has 1 rings (SSSR count). The van der Waals surface area contributed by atoms with Crippen molar-refractivity contribution in [1.82, 2.24) is 5.09 Å². The Balaban J connectivity index is 3.00. The van der Waals surface area contributed by atoms with Gasteiger partial charge in [-0.1, -0.05) is 19.9 Å². The van der Waals surface area contributed by atoms with E-state index in [0.29, 0.717) is 12.5 Å². The van der Waals surface area contributed by atoms with Crippen molar-refractivity contribution in [3.05, 3.63) is 33.9 Å². The quantitative estimate of drug-likeness (QED) is 0.472. The molecule has 8 heteroatoms. The molecule has 1 atom stereocenters. The number of hydrogen-bond donors (Lipinski definition) is 1. The van der Waals surface area contributed by atoms with Crippen molar-refractivity contribution in [3.63, 3.8) is 0 Å². The fourth-order valence-electron chi connectivity index (χ4n) is 1.41. The molecule has 1 N–H and O–H groups in total. The summed E-state index contributed by atoms with van der Waals surface area (Å²) in [6, 6.07) is 4.73. The van der Waals surface area contributed by atoms with E-state index in [1.165, 1.54) is 13.2 Å². The van der Waals surface area contributed by atoms with Crippen molar-refractivity contribution in [3.8, 4) is 5.75 Å². The maximum Gasteiger partial charge on any atom is 0.312 e. The van der Waals surface area contributed by atoms with E-state index < -0.39 is 11.6 Å². The predicted octanol–water partition coefficient (Wildman–Crippen LogP) is 3.40. The summed E-state index contributed by atoms with van der Waals surface area (Å²) in [4.78, 5) is 10.6. The maximum absolute atomic E-state index is 11.1. The van der Waals surface area contributed by atoms with Gasteiger partial charge in [0.25, 0.3) is 0 Å². The number of rotatable bonds is 7. The van der Waals surface area contributed by atoms with E-state index in [9.17, 15) is 10.1 Å². The molecule has 0 saturated heterocycles. The van der Waals surface area contributed by atoms with Crippen LogP contribution in [0.25, 0.3) is 0 Å². The van der Waals surface area contributed by atoms with E-state index in [4.69, 9.17) is 20.9 Å². The van der Waals surface area contributed by atoms with Crippen LogP contribution in [0.4, 0.5) is 5.69 Å². The van der Waals surface area contributed by atoms with Crippen LogP contribution in [0.15, 0.2) is 18.2 Å². The Labute approximate surface area is 123 Å². The molecular formula is C12H19N2O4PS. The molecule has 112 valence electrons. The Morgan fingerprint density at radius 1 is 1.50 bits per heavy atom. The van der Waals surface area contributed by atoms with E-state index in [-0.39, 0.29) is 11.4 Å². The second kappa shape index (κ2) is 7.13. The van der Waals surface area contributed by atoms with E-state index >= 15 is 0 Å². The molecule has 0 bridgehead atoms. The van der Waals surface area contributed by atoms with E-state index in [2.05, 4.69) is 5.09 Å². The molecule has 0 aliphatic heterocycles. The number of nitrogens with zero attached hydrogens (tertiary/aromatic N) is 1. The lowest BCUT2D eigenvalue weighted by Gasteiger charge is -2.22. The average Bonchev–Trinajstić information content (AvgIpc) is 2.38. The standard InChI is InChI=1S/C12H19N2O4PS/c1-9(2)8-13-19(20,17-4)18-12-6-5-10(3)7-11(12)14(15)16/h5-7,9H,8H2,1-4H3,(H,13,20). The first kappa shape index (κ1) is 17.0. The van der Waals surface area contributed by atoms with Gasteiger partial charge < -0.3 is 9.05 Å². The molecule has 1 unspecified atom stereocenters. The highest BCUT2D eigenvalue weighted by molar-refractivity contribution is 8.09. The third kappa shape index (κ3) is 4.83. The van der Waals surface area contributed by atoms with Gasteiger partial charge in [-0.05, 0) is 36.3 Å². The fourth-order valence-corrected chi connectivity index (χ4v) is 3.14. The highest BCUT2D eigenvalue weighted by atomic mass is 32.5. The summed E-state index contributed by atoms with van der Waals surface area (Å²) in [7, 11) is 1.44. The molecule has 0 fully saturated rings. The van der Waals surface area contributed by atoms with Crippen molar-refractivity contribution >= 4 is 24.1 Å². The van der Waals surface area contributed by atoms with Crippen molar-refractivity contribution in [2.75, 3.05) is 13.7 Å². The van der Waals surface area contributed by atoms with Gasteiger partial charge in [0.1, 0.15) is 0 Å². The average molecular weight is 318 g/mol. The zero-order chi connectivity index (χ0) is 15.3. The normalized spacial score (nSPS) is 14.1. The third-order valence-electron chi connectivity index (χ3n) is 2.46. The van der Waals surface area contributed by atoms with Gasteiger partial charge in [0.2, 0.25) is 5.75 Å². The lowest BCUT2D eigenvalue weighted by atomic mass is 10.2. The molecule has 0 aliphatic rings. The van der Waals surface area contributed by atoms with Gasteiger partial charge in [-0.2, -0.15) is 0 Å². The minimum Gasteiger partial charge on any atom is -0.425 e. The van der Waals surface area contributed by atoms with E-state index in [1.54, 1.807) is 19.1 Å². The van der Waals surface area contributed by atoms with Crippen LogP contribution in [-0.2, 0) is 16.3 Å². The number of benzene rings is 1. The molecular weight excluding hydrogens is 299 g/mol. The third-order valence-corrected chi connectivity index (χ3v) is 5.01. The minimum atomic E-state index is -2.78. The first-order valence-electron chi connectivity index (χ1n) is 6.13. The Bertz CT molecular complexity index is 536. The zero-order valence-corrected chi connectivity index (χ0v) is 13.7. The van der Waals surface area contributed by atoms with Crippen LogP contribution in [0.1, 0.15) is 19.4 Å². The Kier molecular flexibility index (Phi) is 6.07. The summed E-state index contributed by atoms with van der Waals surface area (Å²) < 4.78 is 10.8. The van der Waals surface area contributed by atoms with Crippen molar-refractivity contribution in [2.24, 2.45) is 5.92 Å². The lowest BCUT2D eigenvalue weighted by molar-refractivity contribution is -0.385. The summed E-state index contributed by atoms with van der Waals surface area (Å²) in [6.45, 7) is 3.66. The Morgan fingerprint density at radius 2 is 2.15 bits per heavy atom. The molecule has 0 saturated carbocycles. The predicted molar refractivity (Wildman–Crippen MR) is 82.6 cm³/mol. The topological polar surface area (TPSA) is 73.6 Å². The van der Waals surface area contributed by atoms with Crippen LogP contribution in [-0.4, -0.2) is 18.6 Å². The van der Waals surface area contributed by atoms with Crippen LogP contribution >= 0.6 is 6.64 Å². The van der Waals surface area contributed by atoms with Gasteiger partial charge in [-0.15, -0.1) is 0 Å². The molecule has 0 aliphatic carbocycles. The summed E-state index contributed by atoms with van der Waals surface area (Å²) >= 11 is 5.32. The fraction of sp³-hybridized carbons (Fsp3) is 0.500. The summed E-state index contributed by atoms with van der Waals surface area (Å²) in [5.41, 5.74) is 0.674. The van der Waals surface area contributed by atoms with Gasteiger partial charge >= 0.3 is 12.3 Å². The number of nitrogens with one attached hydrogen (secondary N) is 1. The van der Waals surface area contributed by atoms with E-state index in [0.717, 1.165) is 5.56 Å². The molecule has 1 aromatic rings. The molecule has 6 nitrogen and oxygen atoms in total. The number of nitro benzene ring substituents is 1. The van der Waals surface area contributed by atoms with Gasteiger partial charge in [-0.25, -0.2) is 5.09 Å². The van der Waals surface area contributed by atoms with Crippen LogP contribution < -0.4 is 9.61 Å². The summed E-state index contributed by atoms with van der Waals surface area (Å²) in [6.07, 6.45) is 0. The van der Waals surface area contributed by atoms with Crippen LogP contribution in [0.2, 0.25) is 0 Å². The highest BCUT2D eigenvalue weighted by Crippen LogP contribution is 2.46. The number of aryl methyl sites for hydroxylation is 1. The second-order valence-electron chi connectivity index (χ2n) is 4.76. The maximum atomic E-state index is 11.1. The Hall–Kier alpha value is -1.01. The van der Waals surface area contributed by atoms with Crippen molar-refractivity contribution in [2.45, 2.75) is 20.8 Å². The number of nitro groups is 1.